The van der Waals surface area contributed by atoms with E-state index in [9.17, 15) is 18.0 Å². The normalized spacial score (nSPS) is 18.9. The quantitative estimate of drug-likeness (QED) is 0.600. The average molecular weight is 421 g/mol. The molecule has 5 nitrogen and oxygen atoms in total. The highest BCUT2D eigenvalue weighted by atomic mass is 32.1. The van der Waals surface area contributed by atoms with Crippen molar-refractivity contribution in [1.82, 2.24) is 10.3 Å². The number of hydrogen-bond donors (Lipinski definition) is 2. The van der Waals surface area contributed by atoms with Gasteiger partial charge in [0, 0.05) is 12.1 Å². The van der Waals surface area contributed by atoms with Gasteiger partial charge in [-0.05, 0) is 49.6 Å². The lowest BCUT2D eigenvalue weighted by atomic mass is 10.1. The van der Waals surface area contributed by atoms with E-state index in [0.717, 1.165) is 24.0 Å². The van der Waals surface area contributed by atoms with Gasteiger partial charge < -0.3 is 15.4 Å². The number of alkyl halides is 2. The summed E-state index contributed by atoms with van der Waals surface area (Å²) in [4.78, 5) is 17.1. The summed E-state index contributed by atoms with van der Waals surface area (Å²) >= 11 is 1.35. The highest BCUT2D eigenvalue weighted by Gasteiger charge is 2.30. The molecule has 1 fully saturated rings. The number of fused-ring (bicyclic) bond motifs is 1. The van der Waals surface area contributed by atoms with Crippen LogP contribution in [0, 0.1) is 5.82 Å². The number of rotatable bonds is 6. The molecule has 0 aliphatic heterocycles. The van der Waals surface area contributed by atoms with Gasteiger partial charge in [0.2, 0.25) is 0 Å². The number of ether oxygens (including phenoxy) is 1. The number of hydrogen-bond acceptors (Lipinski definition) is 5. The molecule has 0 radical (unpaired) electrons. The first-order valence-corrected chi connectivity index (χ1v) is 9.98. The van der Waals surface area contributed by atoms with E-state index >= 15 is 0 Å². The second-order valence-corrected chi connectivity index (χ2v) is 7.80. The maximum absolute atomic E-state index is 13.4. The van der Waals surface area contributed by atoms with Gasteiger partial charge in [0.15, 0.2) is 5.13 Å². The van der Waals surface area contributed by atoms with E-state index in [2.05, 4.69) is 20.4 Å². The number of thiazole rings is 1. The summed E-state index contributed by atoms with van der Waals surface area (Å²) in [5, 5.41) is 6.89. The SMILES string of the molecule is O=C(NC1CCC[C@@H]1Nc1nc2ccc(F)cc2s1)c1ccccc1OC(F)F. The van der Waals surface area contributed by atoms with E-state index in [1.165, 1.54) is 41.7 Å². The van der Waals surface area contributed by atoms with Crippen molar-refractivity contribution < 1.29 is 22.7 Å². The molecule has 29 heavy (non-hydrogen) atoms. The van der Waals surface area contributed by atoms with Gasteiger partial charge in [-0.3, -0.25) is 4.79 Å². The molecule has 1 heterocycles. The molecule has 2 atom stereocenters. The van der Waals surface area contributed by atoms with Crippen LogP contribution in [0.2, 0.25) is 0 Å². The van der Waals surface area contributed by atoms with Crippen molar-refractivity contribution in [1.29, 1.82) is 0 Å². The van der Waals surface area contributed by atoms with Crippen LogP contribution in [0.25, 0.3) is 10.2 Å². The number of anilines is 1. The minimum absolute atomic E-state index is 0.0625. The molecule has 1 aromatic heterocycles. The zero-order valence-corrected chi connectivity index (χ0v) is 16.0. The number of carbonyl (C=O) groups excluding carboxylic acids is 1. The number of nitrogens with one attached hydrogen (secondary N) is 2. The molecule has 0 bridgehead atoms. The highest BCUT2D eigenvalue weighted by molar-refractivity contribution is 7.22. The molecule has 1 unspecified atom stereocenters. The maximum atomic E-state index is 13.4. The number of nitrogens with zero attached hydrogens (tertiary/aromatic N) is 1. The zero-order chi connectivity index (χ0) is 20.4. The van der Waals surface area contributed by atoms with Crippen molar-refractivity contribution in [3.8, 4) is 5.75 Å². The first kappa shape index (κ1) is 19.5. The highest BCUT2D eigenvalue weighted by Crippen LogP contribution is 2.30. The Hall–Kier alpha value is -2.81. The zero-order valence-electron chi connectivity index (χ0n) is 15.2. The van der Waals surface area contributed by atoms with Gasteiger partial charge in [0.25, 0.3) is 5.91 Å². The van der Waals surface area contributed by atoms with E-state index in [1.807, 2.05) is 0 Å². The third kappa shape index (κ3) is 4.45. The molecule has 0 spiro atoms. The van der Waals surface area contributed by atoms with E-state index in [1.54, 1.807) is 12.1 Å². The lowest BCUT2D eigenvalue weighted by molar-refractivity contribution is -0.0501. The first-order chi connectivity index (χ1) is 14.0. The minimum atomic E-state index is -3.01. The van der Waals surface area contributed by atoms with Gasteiger partial charge >= 0.3 is 6.61 Å². The van der Waals surface area contributed by atoms with Gasteiger partial charge in [-0.2, -0.15) is 8.78 Å². The van der Waals surface area contributed by atoms with Crippen molar-refractivity contribution in [2.24, 2.45) is 0 Å². The van der Waals surface area contributed by atoms with Gasteiger partial charge in [0.1, 0.15) is 11.6 Å². The Morgan fingerprint density at radius 3 is 2.79 bits per heavy atom. The van der Waals surface area contributed by atoms with Crippen molar-refractivity contribution in [2.45, 2.75) is 38.0 Å². The monoisotopic (exact) mass is 421 g/mol. The van der Waals surface area contributed by atoms with Crippen LogP contribution in [0.1, 0.15) is 29.6 Å². The van der Waals surface area contributed by atoms with Crippen LogP contribution < -0.4 is 15.4 Å². The van der Waals surface area contributed by atoms with Crippen molar-refractivity contribution in [3.63, 3.8) is 0 Å². The van der Waals surface area contributed by atoms with Crippen molar-refractivity contribution in [2.75, 3.05) is 5.32 Å². The van der Waals surface area contributed by atoms with E-state index < -0.39 is 12.5 Å². The second-order valence-electron chi connectivity index (χ2n) is 6.77. The molecule has 1 saturated carbocycles. The van der Waals surface area contributed by atoms with Crippen LogP contribution in [-0.4, -0.2) is 29.6 Å². The summed E-state index contributed by atoms with van der Waals surface area (Å²) in [7, 11) is 0. The van der Waals surface area contributed by atoms with Crippen LogP contribution >= 0.6 is 11.3 Å². The summed E-state index contributed by atoms with van der Waals surface area (Å²) in [6, 6.07) is 10.1. The van der Waals surface area contributed by atoms with E-state index in [4.69, 9.17) is 0 Å². The molecular weight excluding hydrogens is 403 g/mol. The summed E-state index contributed by atoms with van der Waals surface area (Å²) in [5.41, 5.74) is 0.768. The Bertz CT molecular complexity index is 1030. The Labute approximate surface area is 168 Å². The lowest BCUT2D eigenvalue weighted by Crippen LogP contribution is -2.43. The molecule has 9 heteroatoms. The average Bonchev–Trinajstić information content (AvgIpc) is 3.27. The molecule has 1 aliphatic rings. The fourth-order valence-corrected chi connectivity index (χ4v) is 4.48. The van der Waals surface area contributed by atoms with Gasteiger partial charge in [-0.15, -0.1) is 0 Å². The molecule has 1 aliphatic carbocycles. The fraction of sp³-hybridized carbons (Fsp3) is 0.300. The molecule has 0 saturated heterocycles. The van der Waals surface area contributed by atoms with Gasteiger partial charge in [-0.25, -0.2) is 9.37 Å². The molecule has 3 aromatic rings. The molecular formula is C20H18F3N3O2S. The Morgan fingerprint density at radius 1 is 1.17 bits per heavy atom. The lowest BCUT2D eigenvalue weighted by Gasteiger charge is -2.22. The van der Waals surface area contributed by atoms with Crippen molar-refractivity contribution in [3.05, 3.63) is 53.8 Å². The maximum Gasteiger partial charge on any atom is 0.387 e. The number of benzene rings is 2. The van der Waals surface area contributed by atoms with Gasteiger partial charge in [-0.1, -0.05) is 23.5 Å². The standard InChI is InChI=1S/C20H18F3N3O2S/c21-11-8-9-15-17(10-11)29-20(26-15)25-14-6-3-5-13(14)24-18(27)12-4-1-2-7-16(12)28-19(22)23/h1-2,4,7-10,13-14,19H,3,5-6H2,(H,24,27)(H,25,26)/t13?,14-/m0/s1. The third-order valence-corrected chi connectivity index (χ3v) is 5.79. The second kappa shape index (κ2) is 8.28. The van der Waals surface area contributed by atoms with Crippen LogP contribution in [0.5, 0.6) is 5.75 Å². The van der Waals surface area contributed by atoms with E-state index in [-0.39, 0.29) is 29.2 Å². The summed E-state index contributed by atoms with van der Waals surface area (Å²) in [6.45, 7) is -3.01. The molecule has 2 aromatic carbocycles. The molecule has 152 valence electrons. The Kier molecular flexibility index (Phi) is 5.57. The largest absolute Gasteiger partial charge is 0.434 e. The number of aromatic nitrogens is 1. The Morgan fingerprint density at radius 2 is 1.97 bits per heavy atom. The predicted molar refractivity (Wildman–Crippen MR) is 105 cm³/mol. The summed E-state index contributed by atoms with van der Waals surface area (Å²) in [6.07, 6.45) is 2.47. The van der Waals surface area contributed by atoms with Crippen LogP contribution in [0.4, 0.5) is 18.3 Å². The number of amides is 1. The van der Waals surface area contributed by atoms with Crippen LogP contribution in [0.3, 0.4) is 0 Å². The third-order valence-electron chi connectivity index (χ3n) is 4.84. The molecule has 2 N–H and O–H groups in total. The first-order valence-electron chi connectivity index (χ1n) is 9.17. The summed E-state index contributed by atoms with van der Waals surface area (Å²) in [5.74, 6) is -0.939. The number of halogens is 3. The van der Waals surface area contributed by atoms with Gasteiger partial charge in [0.05, 0.1) is 15.8 Å². The number of para-hydroxylation sites is 1. The molecule has 1 amide bonds. The van der Waals surface area contributed by atoms with E-state index in [0.29, 0.717) is 10.6 Å². The predicted octanol–water partition coefficient (Wildman–Crippen LogP) is 4.80. The van der Waals surface area contributed by atoms with Crippen molar-refractivity contribution >= 4 is 32.6 Å². The number of carbonyl (C=O) groups is 1. The fourth-order valence-electron chi connectivity index (χ4n) is 3.52. The van der Waals surface area contributed by atoms with Crippen LogP contribution in [-0.2, 0) is 0 Å². The smallest absolute Gasteiger partial charge is 0.387 e. The molecule has 4 rings (SSSR count). The topological polar surface area (TPSA) is 63.2 Å². The minimum Gasteiger partial charge on any atom is -0.434 e. The van der Waals surface area contributed by atoms with Crippen LogP contribution in [0.15, 0.2) is 42.5 Å². The Balaban J connectivity index is 1.46. The summed E-state index contributed by atoms with van der Waals surface area (Å²) < 4.78 is 43.8.